The van der Waals surface area contributed by atoms with E-state index >= 15 is 0 Å². The molecule has 3 nitrogen and oxygen atoms in total. The fourth-order valence-electron chi connectivity index (χ4n) is 1.91. The molecule has 2 aromatic heterocycles. The van der Waals surface area contributed by atoms with E-state index in [1.54, 1.807) is 0 Å². The number of pyridine rings is 1. The zero-order chi connectivity index (χ0) is 10.4. The second-order valence-corrected chi connectivity index (χ2v) is 3.87. The molecule has 0 spiro atoms. The number of aromatic amines is 1. The third-order valence-electron chi connectivity index (χ3n) is 2.61. The van der Waals surface area contributed by atoms with Crippen molar-refractivity contribution in [3.05, 3.63) is 35.8 Å². The van der Waals surface area contributed by atoms with Crippen molar-refractivity contribution < 1.29 is 0 Å². The van der Waals surface area contributed by atoms with Gasteiger partial charge in [0.1, 0.15) is 5.82 Å². The van der Waals surface area contributed by atoms with Gasteiger partial charge in [-0.3, -0.25) is 0 Å². The number of aryl methyl sites for hydroxylation is 2. The highest BCUT2D eigenvalue weighted by Crippen LogP contribution is 2.22. The number of H-pyrrole nitrogens is 1. The number of fused-ring (bicyclic) bond motifs is 3. The molecule has 74 valence electrons. The van der Waals surface area contributed by atoms with Crippen LogP contribution in [-0.4, -0.2) is 15.0 Å². The Hall–Kier alpha value is -1.90. The predicted molar refractivity (Wildman–Crippen MR) is 60.9 cm³/mol. The molecule has 0 fully saturated rings. The normalized spacial score (nSPS) is 11.3. The molecule has 0 radical (unpaired) electrons. The van der Waals surface area contributed by atoms with Gasteiger partial charge >= 0.3 is 0 Å². The van der Waals surface area contributed by atoms with Gasteiger partial charge in [-0.15, -0.1) is 0 Å². The van der Waals surface area contributed by atoms with E-state index in [4.69, 9.17) is 0 Å². The van der Waals surface area contributed by atoms with Gasteiger partial charge in [0.15, 0.2) is 5.65 Å². The maximum atomic E-state index is 4.33. The maximum Gasteiger partial charge on any atom is 0.178 e. The standard InChI is InChI=1S/C12H11N3/c1-7-3-4-10-9(5-7)6-13-12-11(10)14-8(2)15-12/h3-6H,1-2H3,(H,13,14,15). The van der Waals surface area contributed by atoms with Crippen LogP contribution < -0.4 is 0 Å². The van der Waals surface area contributed by atoms with Crippen LogP contribution in [0.2, 0.25) is 0 Å². The molecule has 15 heavy (non-hydrogen) atoms. The van der Waals surface area contributed by atoms with Crippen LogP contribution in [0.3, 0.4) is 0 Å². The van der Waals surface area contributed by atoms with E-state index in [1.165, 1.54) is 10.9 Å². The summed E-state index contributed by atoms with van der Waals surface area (Å²) in [5.41, 5.74) is 3.08. The van der Waals surface area contributed by atoms with Crippen molar-refractivity contribution in [2.75, 3.05) is 0 Å². The van der Waals surface area contributed by atoms with E-state index in [2.05, 4.69) is 40.1 Å². The third kappa shape index (κ3) is 1.20. The highest BCUT2D eigenvalue weighted by Gasteiger charge is 2.05. The fourth-order valence-corrected chi connectivity index (χ4v) is 1.91. The lowest BCUT2D eigenvalue weighted by Crippen LogP contribution is -1.81. The molecule has 0 atom stereocenters. The third-order valence-corrected chi connectivity index (χ3v) is 2.61. The van der Waals surface area contributed by atoms with Gasteiger partial charge in [-0.2, -0.15) is 0 Å². The highest BCUT2D eigenvalue weighted by molar-refractivity contribution is 6.02. The molecule has 1 N–H and O–H groups in total. The van der Waals surface area contributed by atoms with Crippen LogP contribution in [-0.2, 0) is 0 Å². The zero-order valence-corrected chi connectivity index (χ0v) is 8.70. The molecular weight excluding hydrogens is 186 g/mol. The minimum atomic E-state index is 0.795. The molecule has 0 saturated carbocycles. The molecule has 1 aromatic carbocycles. The van der Waals surface area contributed by atoms with Crippen molar-refractivity contribution in [3.63, 3.8) is 0 Å². The Morgan fingerprint density at radius 1 is 1.20 bits per heavy atom. The number of nitrogens with one attached hydrogen (secondary N) is 1. The number of rotatable bonds is 0. The van der Waals surface area contributed by atoms with Crippen LogP contribution in [0.1, 0.15) is 11.4 Å². The van der Waals surface area contributed by atoms with Crippen LogP contribution in [0.25, 0.3) is 21.9 Å². The van der Waals surface area contributed by atoms with E-state index < -0.39 is 0 Å². The summed E-state index contributed by atoms with van der Waals surface area (Å²) in [7, 11) is 0. The number of aromatic nitrogens is 3. The van der Waals surface area contributed by atoms with E-state index in [-0.39, 0.29) is 0 Å². The largest absolute Gasteiger partial charge is 0.340 e. The molecule has 2 heterocycles. The lowest BCUT2D eigenvalue weighted by atomic mass is 10.1. The van der Waals surface area contributed by atoms with Crippen LogP contribution in [0, 0.1) is 13.8 Å². The van der Waals surface area contributed by atoms with Gasteiger partial charge in [-0.1, -0.05) is 17.7 Å². The molecular formula is C12H11N3. The van der Waals surface area contributed by atoms with Crippen LogP contribution in [0.4, 0.5) is 0 Å². The van der Waals surface area contributed by atoms with Crippen molar-refractivity contribution in [1.29, 1.82) is 0 Å². The maximum absolute atomic E-state index is 4.33. The van der Waals surface area contributed by atoms with Gasteiger partial charge in [0, 0.05) is 17.0 Å². The fraction of sp³-hybridized carbons (Fsp3) is 0.167. The van der Waals surface area contributed by atoms with Gasteiger partial charge in [-0.25, -0.2) is 9.97 Å². The number of hydrogen-bond acceptors (Lipinski definition) is 2. The van der Waals surface area contributed by atoms with Crippen LogP contribution in [0.15, 0.2) is 24.4 Å². The molecule has 0 aliphatic rings. The first-order chi connectivity index (χ1) is 7.24. The summed E-state index contributed by atoms with van der Waals surface area (Å²) >= 11 is 0. The Kier molecular flexibility index (Phi) is 1.57. The smallest absolute Gasteiger partial charge is 0.178 e. The monoisotopic (exact) mass is 197 g/mol. The number of hydrogen-bond donors (Lipinski definition) is 1. The van der Waals surface area contributed by atoms with Crippen LogP contribution in [0.5, 0.6) is 0 Å². The number of imidazole rings is 1. The number of nitrogens with zero attached hydrogens (tertiary/aromatic N) is 2. The zero-order valence-electron chi connectivity index (χ0n) is 8.70. The first kappa shape index (κ1) is 8.41. The second-order valence-electron chi connectivity index (χ2n) is 3.87. The molecule has 0 saturated heterocycles. The first-order valence-electron chi connectivity index (χ1n) is 4.96. The van der Waals surface area contributed by atoms with Gasteiger partial charge < -0.3 is 4.98 Å². The Bertz CT molecular complexity index is 652. The summed E-state index contributed by atoms with van der Waals surface area (Å²) in [6.45, 7) is 4.03. The molecule has 0 aliphatic carbocycles. The van der Waals surface area contributed by atoms with Crippen molar-refractivity contribution in [2.45, 2.75) is 13.8 Å². The SMILES string of the molecule is Cc1ccc2c(cnc3nc(C)[nH]c32)c1. The summed E-state index contributed by atoms with van der Waals surface area (Å²) in [5.74, 6) is 0.908. The Labute approximate surface area is 87.2 Å². The van der Waals surface area contributed by atoms with E-state index in [0.717, 1.165) is 22.4 Å². The summed E-state index contributed by atoms with van der Waals surface area (Å²) in [6, 6.07) is 6.36. The summed E-state index contributed by atoms with van der Waals surface area (Å²) < 4.78 is 0. The van der Waals surface area contributed by atoms with Gasteiger partial charge in [0.25, 0.3) is 0 Å². The van der Waals surface area contributed by atoms with E-state index in [1.807, 2.05) is 13.1 Å². The van der Waals surface area contributed by atoms with Gasteiger partial charge in [0.05, 0.1) is 5.52 Å². The summed E-state index contributed by atoms with van der Waals surface area (Å²) in [5, 5.41) is 2.34. The Morgan fingerprint density at radius 3 is 2.93 bits per heavy atom. The van der Waals surface area contributed by atoms with E-state index in [9.17, 15) is 0 Å². The molecule has 3 heteroatoms. The van der Waals surface area contributed by atoms with Crippen molar-refractivity contribution in [3.8, 4) is 0 Å². The highest BCUT2D eigenvalue weighted by atomic mass is 15.0. The summed E-state index contributed by atoms with van der Waals surface area (Å²) in [6.07, 6.45) is 1.88. The van der Waals surface area contributed by atoms with Gasteiger partial charge in [-0.05, 0) is 19.9 Å². The second kappa shape index (κ2) is 2.79. The quantitative estimate of drug-likeness (QED) is 0.602. The first-order valence-corrected chi connectivity index (χ1v) is 4.96. The average molecular weight is 197 g/mol. The molecule has 0 amide bonds. The molecule has 0 bridgehead atoms. The van der Waals surface area contributed by atoms with Crippen molar-refractivity contribution >= 4 is 21.9 Å². The molecule has 3 aromatic rings. The minimum absolute atomic E-state index is 0.795. The lowest BCUT2D eigenvalue weighted by molar-refractivity contribution is 1.16. The molecule has 0 unspecified atom stereocenters. The number of benzene rings is 1. The predicted octanol–water partition coefficient (Wildman–Crippen LogP) is 2.73. The Balaban J connectivity index is 2.53. The average Bonchev–Trinajstić information content (AvgIpc) is 2.58. The van der Waals surface area contributed by atoms with Gasteiger partial charge in [0.2, 0.25) is 0 Å². The molecule has 0 aliphatic heterocycles. The van der Waals surface area contributed by atoms with E-state index in [0.29, 0.717) is 0 Å². The van der Waals surface area contributed by atoms with Crippen molar-refractivity contribution in [2.24, 2.45) is 0 Å². The molecule has 3 rings (SSSR count). The van der Waals surface area contributed by atoms with Crippen molar-refractivity contribution in [1.82, 2.24) is 15.0 Å². The topological polar surface area (TPSA) is 41.6 Å². The lowest BCUT2D eigenvalue weighted by Gasteiger charge is -1.99. The minimum Gasteiger partial charge on any atom is -0.340 e. The summed E-state index contributed by atoms with van der Waals surface area (Å²) in [4.78, 5) is 11.9. The van der Waals surface area contributed by atoms with Crippen LogP contribution >= 0.6 is 0 Å². The Morgan fingerprint density at radius 2 is 2.07 bits per heavy atom.